The fourth-order valence-electron chi connectivity index (χ4n) is 4.01. The van der Waals surface area contributed by atoms with Crippen molar-refractivity contribution in [3.05, 3.63) is 0 Å². The molecule has 2 N–H and O–H groups in total. The first kappa shape index (κ1) is 16.3. The van der Waals surface area contributed by atoms with E-state index in [1.807, 2.05) is 0 Å². The predicted molar refractivity (Wildman–Crippen MR) is 84.8 cm³/mol. The van der Waals surface area contributed by atoms with Crippen LogP contribution in [0.4, 0.5) is 0 Å². The second-order valence-electron chi connectivity index (χ2n) is 7.23. The number of nitrogens with zero attached hydrogens (tertiary/aromatic N) is 1. The topological polar surface area (TPSA) is 38.5 Å². The van der Waals surface area contributed by atoms with Crippen LogP contribution in [0.25, 0.3) is 0 Å². The van der Waals surface area contributed by atoms with Crippen LogP contribution in [0.5, 0.6) is 0 Å². The van der Waals surface area contributed by atoms with Crippen LogP contribution in [0.3, 0.4) is 0 Å². The van der Waals surface area contributed by atoms with E-state index < -0.39 is 0 Å². The number of hydrogen-bond donors (Lipinski definition) is 1. The lowest BCUT2D eigenvalue weighted by Crippen LogP contribution is -2.59. The zero-order valence-corrected chi connectivity index (χ0v) is 13.7. The van der Waals surface area contributed by atoms with E-state index in [-0.39, 0.29) is 5.54 Å². The van der Waals surface area contributed by atoms with Crippen LogP contribution < -0.4 is 5.73 Å². The van der Waals surface area contributed by atoms with Gasteiger partial charge >= 0.3 is 0 Å². The van der Waals surface area contributed by atoms with E-state index in [2.05, 4.69) is 25.7 Å². The molecule has 0 radical (unpaired) electrons. The van der Waals surface area contributed by atoms with Crippen molar-refractivity contribution in [2.24, 2.45) is 17.6 Å². The van der Waals surface area contributed by atoms with Crippen LogP contribution in [0.15, 0.2) is 0 Å². The Morgan fingerprint density at radius 2 is 2.10 bits per heavy atom. The van der Waals surface area contributed by atoms with Gasteiger partial charge in [0.1, 0.15) is 0 Å². The van der Waals surface area contributed by atoms with Gasteiger partial charge in [-0.15, -0.1) is 0 Å². The van der Waals surface area contributed by atoms with Crippen molar-refractivity contribution in [2.45, 2.75) is 70.9 Å². The maximum Gasteiger partial charge on any atom is 0.0616 e. The molecular formula is C17H34N2O. The van der Waals surface area contributed by atoms with Crippen LogP contribution in [0, 0.1) is 11.8 Å². The van der Waals surface area contributed by atoms with E-state index in [9.17, 15) is 0 Å². The molecule has 2 heterocycles. The molecule has 2 aliphatic heterocycles. The van der Waals surface area contributed by atoms with Crippen LogP contribution >= 0.6 is 0 Å². The highest BCUT2D eigenvalue weighted by atomic mass is 16.5. The minimum atomic E-state index is 0.204. The van der Waals surface area contributed by atoms with Crippen LogP contribution in [-0.2, 0) is 4.74 Å². The fraction of sp³-hybridized carbons (Fsp3) is 1.00. The van der Waals surface area contributed by atoms with Gasteiger partial charge in [-0.2, -0.15) is 0 Å². The molecule has 0 aromatic rings. The lowest BCUT2D eigenvalue weighted by atomic mass is 9.81. The standard InChI is InChI=1S/C17H34N2O/c1-4-15-6-5-9-19(10-7-15)17(13-18)8-11-20-16(12-17)14(2)3/h14-16H,4-13,18H2,1-3H3. The summed E-state index contributed by atoms with van der Waals surface area (Å²) < 4.78 is 5.98. The Hall–Kier alpha value is -0.120. The smallest absolute Gasteiger partial charge is 0.0616 e. The zero-order valence-electron chi connectivity index (χ0n) is 13.7. The van der Waals surface area contributed by atoms with E-state index in [0.29, 0.717) is 12.0 Å². The van der Waals surface area contributed by atoms with E-state index >= 15 is 0 Å². The summed E-state index contributed by atoms with van der Waals surface area (Å²) in [5.41, 5.74) is 6.46. The molecule has 0 aromatic heterocycles. The van der Waals surface area contributed by atoms with Crippen LogP contribution in [-0.4, -0.2) is 42.8 Å². The molecule has 0 spiro atoms. The largest absolute Gasteiger partial charge is 0.378 e. The first-order chi connectivity index (χ1) is 9.61. The number of rotatable bonds is 4. The van der Waals surface area contributed by atoms with Gasteiger partial charge in [-0.1, -0.05) is 27.2 Å². The average molecular weight is 282 g/mol. The lowest BCUT2D eigenvalue weighted by molar-refractivity contribution is -0.0871. The van der Waals surface area contributed by atoms with Gasteiger partial charge < -0.3 is 10.5 Å². The van der Waals surface area contributed by atoms with Crippen molar-refractivity contribution < 1.29 is 4.74 Å². The number of likely N-dealkylation sites (tertiary alicyclic amines) is 1. The van der Waals surface area contributed by atoms with Crippen molar-refractivity contribution in [3.63, 3.8) is 0 Å². The van der Waals surface area contributed by atoms with Gasteiger partial charge in [0.15, 0.2) is 0 Å². The molecule has 2 rings (SSSR count). The molecule has 0 aliphatic carbocycles. The quantitative estimate of drug-likeness (QED) is 0.861. The van der Waals surface area contributed by atoms with Gasteiger partial charge in [0, 0.05) is 18.7 Å². The Labute approximate surface area is 125 Å². The maximum absolute atomic E-state index is 6.25. The average Bonchev–Trinajstić information content (AvgIpc) is 2.73. The van der Waals surface area contributed by atoms with Gasteiger partial charge in [-0.25, -0.2) is 0 Å². The summed E-state index contributed by atoms with van der Waals surface area (Å²) in [4.78, 5) is 2.72. The summed E-state index contributed by atoms with van der Waals surface area (Å²) in [5.74, 6) is 1.52. The van der Waals surface area contributed by atoms with Gasteiger partial charge in [-0.3, -0.25) is 4.90 Å². The Balaban J connectivity index is 2.05. The van der Waals surface area contributed by atoms with E-state index in [4.69, 9.17) is 10.5 Å². The number of hydrogen-bond acceptors (Lipinski definition) is 3. The van der Waals surface area contributed by atoms with Crippen molar-refractivity contribution in [1.29, 1.82) is 0 Å². The number of nitrogens with two attached hydrogens (primary N) is 1. The molecule has 20 heavy (non-hydrogen) atoms. The molecule has 3 nitrogen and oxygen atoms in total. The first-order valence-electron chi connectivity index (χ1n) is 8.68. The SMILES string of the molecule is CCC1CCCN(C2(CN)CCOC(C(C)C)C2)CC1. The predicted octanol–water partition coefficient (Wildman–Crippen LogP) is 3.03. The summed E-state index contributed by atoms with van der Waals surface area (Å²) in [7, 11) is 0. The Bertz CT molecular complexity index is 295. The van der Waals surface area contributed by atoms with Crippen molar-refractivity contribution in [3.8, 4) is 0 Å². The highest BCUT2D eigenvalue weighted by Gasteiger charge is 2.41. The summed E-state index contributed by atoms with van der Waals surface area (Å²) >= 11 is 0. The minimum Gasteiger partial charge on any atom is -0.378 e. The lowest BCUT2D eigenvalue weighted by Gasteiger charge is -2.48. The Morgan fingerprint density at radius 1 is 1.30 bits per heavy atom. The van der Waals surface area contributed by atoms with Crippen molar-refractivity contribution in [1.82, 2.24) is 4.90 Å². The molecule has 3 unspecified atom stereocenters. The van der Waals surface area contributed by atoms with E-state index in [1.165, 1.54) is 38.8 Å². The molecule has 2 fully saturated rings. The van der Waals surface area contributed by atoms with Crippen molar-refractivity contribution >= 4 is 0 Å². The fourth-order valence-corrected chi connectivity index (χ4v) is 4.01. The second-order valence-corrected chi connectivity index (χ2v) is 7.23. The monoisotopic (exact) mass is 282 g/mol. The van der Waals surface area contributed by atoms with Crippen molar-refractivity contribution in [2.75, 3.05) is 26.2 Å². The Morgan fingerprint density at radius 3 is 2.75 bits per heavy atom. The molecule has 0 saturated carbocycles. The van der Waals surface area contributed by atoms with E-state index in [1.54, 1.807) is 0 Å². The number of ether oxygens (including phenoxy) is 1. The van der Waals surface area contributed by atoms with Gasteiger partial charge in [0.25, 0.3) is 0 Å². The molecule has 0 aromatic carbocycles. The molecule has 0 bridgehead atoms. The first-order valence-corrected chi connectivity index (χ1v) is 8.68. The molecule has 118 valence electrons. The van der Waals surface area contributed by atoms with Gasteiger partial charge in [0.05, 0.1) is 6.10 Å². The summed E-state index contributed by atoms with van der Waals surface area (Å²) in [6.07, 6.45) is 8.05. The van der Waals surface area contributed by atoms with Crippen LogP contribution in [0.2, 0.25) is 0 Å². The molecule has 0 amide bonds. The Kier molecular flexibility index (Phi) is 5.88. The molecule has 3 atom stereocenters. The third-order valence-corrected chi connectivity index (χ3v) is 5.70. The minimum absolute atomic E-state index is 0.204. The van der Waals surface area contributed by atoms with E-state index in [0.717, 1.165) is 31.9 Å². The second kappa shape index (κ2) is 7.24. The maximum atomic E-state index is 6.25. The third kappa shape index (κ3) is 3.55. The molecular weight excluding hydrogens is 248 g/mol. The molecule has 3 heteroatoms. The normalized spacial score (nSPS) is 37.0. The summed E-state index contributed by atoms with van der Waals surface area (Å²) in [5, 5.41) is 0. The highest BCUT2D eigenvalue weighted by molar-refractivity contribution is 4.97. The third-order valence-electron chi connectivity index (χ3n) is 5.70. The van der Waals surface area contributed by atoms with Gasteiger partial charge in [-0.05, 0) is 57.0 Å². The molecule has 2 aliphatic rings. The van der Waals surface area contributed by atoms with Crippen LogP contribution in [0.1, 0.15) is 59.3 Å². The van der Waals surface area contributed by atoms with Gasteiger partial charge in [0.2, 0.25) is 0 Å². The summed E-state index contributed by atoms with van der Waals surface area (Å²) in [6, 6.07) is 0. The zero-order chi connectivity index (χ0) is 14.6. The molecule has 2 saturated heterocycles. The highest BCUT2D eigenvalue weighted by Crippen LogP contribution is 2.35. The summed E-state index contributed by atoms with van der Waals surface area (Å²) in [6.45, 7) is 11.0.